The molecule has 13 heavy (non-hydrogen) atoms. The van der Waals surface area contributed by atoms with Crippen molar-refractivity contribution in [1.29, 1.82) is 0 Å². The molecule has 0 aliphatic carbocycles. The quantitative estimate of drug-likeness (QED) is 0.767. The van der Waals surface area contributed by atoms with Crippen LogP contribution in [0.25, 0.3) is 0 Å². The van der Waals surface area contributed by atoms with Gasteiger partial charge < -0.3 is 5.73 Å². The zero-order valence-corrected chi connectivity index (χ0v) is 7.61. The molecule has 2 N–H and O–H groups in total. The number of halogens is 2. The Labute approximate surface area is 76.6 Å². The van der Waals surface area contributed by atoms with Gasteiger partial charge in [0.1, 0.15) is 11.6 Å². The van der Waals surface area contributed by atoms with Gasteiger partial charge in [-0.2, -0.15) is 0 Å². The van der Waals surface area contributed by atoms with Crippen LogP contribution in [0, 0.1) is 18.6 Å². The van der Waals surface area contributed by atoms with Crippen molar-refractivity contribution in [2.45, 2.75) is 19.8 Å². The lowest BCUT2D eigenvalue weighted by atomic mass is 10.1. The summed E-state index contributed by atoms with van der Waals surface area (Å²) in [5.41, 5.74) is 6.01. The zero-order chi connectivity index (χ0) is 9.84. The Morgan fingerprint density at radius 2 is 1.77 bits per heavy atom. The van der Waals surface area contributed by atoms with Gasteiger partial charge in [-0.15, -0.1) is 0 Å². The summed E-state index contributed by atoms with van der Waals surface area (Å²) in [4.78, 5) is 0. The first-order valence-corrected chi connectivity index (χ1v) is 4.29. The van der Waals surface area contributed by atoms with Crippen molar-refractivity contribution in [2.24, 2.45) is 5.73 Å². The summed E-state index contributed by atoms with van der Waals surface area (Å²) in [6.07, 6.45) is 0.978. The van der Waals surface area contributed by atoms with Gasteiger partial charge in [-0.05, 0) is 44.0 Å². The molecule has 0 atom stereocenters. The normalized spacial score (nSPS) is 10.5. The van der Waals surface area contributed by atoms with Crippen LogP contribution in [0.3, 0.4) is 0 Å². The highest BCUT2D eigenvalue weighted by Crippen LogP contribution is 2.16. The second kappa shape index (κ2) is 4.33. The van der Waals surface area contributed by atoms with E-state index in [1.807, 2.05) is 0 Å². The molecule has 0 unspecified atom stereocenters. The number of rotatable bonds is 3. The molecule has 0 saturated carbocycles. The number of hydrogen-bond acceptors (Lipinski definition) is 1. The van der Waals surface area contributed by atoms with E-state index < -0.39 is 11.6 Å². The fourth-order valence-corrected chi connectivity index (χ4v) is 1.25. The van der Waals surface area contributed by atoms with Crippen molar-refractivity contribution in [3.05, 3.63) is 34.9 Å². The second-order valence-electron chi connectivity index (χ2n) is 3.10. The molecule has 1 aromatic carbocycles. The van der Waals surface area contributed by atoms with Crippen LogP contribution in [0.1, 0.15) is 17.5 Å². The molecule has 72 valence electrons. The highest BCUT2D eigenvalue weighted by molar-refractivity contribution is 5.25. The molecule has 1 aromatic rings. The van der Waals surface area contributed by atoms with Crippen LogP contribution in [0.5, 0.6) is 0 Å². The Hall–Kier alpha value is -0.960. The molecule has 1 nitrogen and oxygen atoms in total. The van der Waals surface area contributed by atoms with E-state index in [2.05, 4.69) is 0 Å². The molecule has 0 bridgehead atoms. The third-order valence-electron chi connectivity index (χ3n) is 1.92. The maximum absolute atomic E-state index is 13.2. The standard InChI is InChI=1S/C10H13F2N/c1-7-5-9(11)8(3-2-4-13)10(12)6-7/h5-6H,2-4,13H2,1H3. The van der Waals surface area contributed by atoms with Crippen LogP contribution in [0.15, 0.2) is 12.1 Å². The molecule has 0 amide bonds. The maximum Gasteiger partial charge on any atom is 0.129 e. The van der Waals surface area contributed by atoms with Crippen LogP contribution in [0.2, 0.25) is 0 Å². The number of aryl methyl sites for hydroxylation is 1. The van der Waals surface area contributed by atoms with Crippen LogP contribution in [-0.4, -0.2) is 6.54 Å². The third kappa shape index (κ3) is 2.49. The second-order valence-corrected chi connectivity index (χ2v) is 3.10. The molecule has 0 aromatic heterocycles. The van der Waals surface area contributed by atoms with Crippen LogP contribution < -0.4 is 5.73 Å². The van der Waals surface area contributed by atoms with Gasteiger partial charge in [-0.1, -0.05) is 0 Å². The van der Waals surface area contributed by atoms with Crippen molar-refractivity contribution in [3.8, 4) is 0 Å². The predicted molar refractivity (Wildman–Crippen MR) is 48.5 cm³/mol. The Balaban J connectivity index is 2.92. The average molecular weight is 185 g/mol. The van der Waals surface area contributed by atoms with E-state index >= 15 is 0 Å². The van der Waals surface area contributed by atoms with E-state index in [0.717, 1.165) is 0 Å². The molecule has 0 aliphatic rings. The monoisotopic (exact) mass is 185 g/mol. The van der Waals surface area contributed by atoms with Gasteiger partial charge in [0.2, 0.25) is 0 Å². The minimum atomic E-state index is -0.467. The van der Waals surface area contributed by atoms with Gasteiger partial charge in [0.25, 0.3) is 0 Å². The first-order valence-electron chi connectivity index (χ1n) is 4.29. The lowest BCUT2D eigenvalue weighted by Gasteiger charge is -2.04. The topological polar surface area (TPSA) is 26.0 Å². The SMILES string of the molecule is Cc1cc(F)c(CCCN)c(F)c1. The largest absolute Gasteiger partial charge is 0.330 e. The summed E-state index contributed by atoms with van der Waals surface area (Å²) >= 11 is 0. The van der Waals surface area contributed by atoms with Crippen molar-refractivity contribution in [1.82, 2.24) is 0 Å². The maximum atomic E-state index is 13.2. The minimum absolute atomic E-state index is 0.149. The van der Waals surface area contributed by atoms with E-state index in [4.69, 9.17) is 5.73 Å². The van der Waals surface area contributed by atoms with Gasteiger partial charge >= 0.3 is 0 Å². The summed E-state index contributed by atoms with van der Waals surface area (Å²) in [6, 6.07) is 2.68. The number of benzene rings is 1. The molecule has 1 rings (SSSR count). The van der Waals surface area contributed by atoms with Crippen molar-refractivity contribution in [3.63, 3.8) is 0 Å². The molecule has 0 heterocycles. The lowest BCUT2D eigenvalue weighted by molar-refractivity contribution is 0.549. The Morgan fingerprint density at radius 3 is 2.23 bits per heavy atom. The van der Waals surface area contributed by atoms with Gasteiger partial charge in [0.15, 0.2) is 0 Å². The van der Waals surface area contributed by atoms with Crippen molar-refractivity contribution in [2.75, 3.05) is 6.54 Å². The van der Waals surface area contributed by atoms with Crippen molar-refractivity contribution < 1.29 is 8.78 Å². The molecule has 0 radical (unpaired) electrons. The summed E-state index contributed by atoms with van der Waals surface area (Å²) in [7, 11) is 0. The highest BCUT2D eigenvalue weighted by atomic mass is 19.1. The van der Waals surface area contributed by atoms with Gasteiger partial charge in [0, 0.05) is 5.56 Å². The van der Waals surface area contributed by atoms with Gasteiger partial charge in [-0.3, -0.25) is 0 Å². The average Bonchev–Trinajstić information content (AvgIpc) is 2.02. The third-order valence-corrected chi connectivity index (χ3v) is 1.92. The molecule has 0 fully saturated rings. The van der Waals surface area contributed by atoms with E-state index in [0.29, 0.717) is 24.9 Å². The first kappa shape index (κ1) is 10.1. The molecule has 0 saturated heterocycles. The highest BCUT2D eigenvalue weighted by Gasteiger charge is 2.08. The van der Waals surface area contributed by atoms with Crippen LogP contribution in [-0.2, 0) is 6.42 Å². The van der Waals surface area contributed by atoms with Crippen molar-refractivity contribution >= 4 is 0 Å². The van der Waals surface area contributed by atoms with Gasteiger partial charge in [-0.25, -0.2) is 8.78 Å². The molecular weight excluding hydrogens is 172 g/mol. The molecule has 3 heteroatoms. The Morgan fingerprint density at radius 1 is 1.23 bits per heavy atom. The summed E-state index contributed by atoms with van der Waals surface area (Å²) < 4.78 is 26.3. The first-order chi connectivity index (χ1) is 6.15. The van der Waals surface area contributed by atoms with Crippen LogP contribution >= 0.6 is 0 Å². The zero-order valence-electron chi connectivity index (χ0n) is 7.61. The minimum Gasteiger partial charge on any atom is -0.330 e. The molecular formula is C10H13F2N. The van der Waals surface area contributed by atoms with E-state index in [1.165, 1.54) is 12.1 Å². The summed E-state index contributed by atoms with van der Waals surface area (Å²) in [5, 5.41) is 0. The predicted octanol–water partition coefficient (Wildman–Crippen LogP) is 2.16. The lowest BCUT2D eigenvalue weighted by Crippen LogP contribution is -2.03. The fraction of sp³-hybridized carbons (Fsp3) is 0.400. The number of hydrogen-bond donors (Lipinski definition) is 1. The fourth-order valence-electron chi connectivity index (χ4n) is 1.25. The summed E-state index contributed by atoms with van der Waals surface area (Å²) in [6.45, 7) is 2.12. The van der Waals surface area contributed by atoms with E-state index in [1.54, 1.807) is 6.92 Å². The van der Waals surface area contributed by atoms with E-state index in [9.17, 15) is 8.78 Å². The Bertz CT molecular complexity index is 274. The molecule has 0 aliphatic heterocycles. The van der Waals surface area contributed by atoms with Gasteiger partial charge in [0.05, 0.1) is 0 Å². The smallest absolute Gasteiger partial charge is 0.129 e. The van der Waals surface area contributed by atoms with E-state index in [-0.39, 0.29) is 5.56 Å². The Kier molecular flexibility index (Phi) is 3.37. The van der Waals surface area contributed by atoms with Crippen LogP contribution in [0.4, 0.5) is 8.78 Å². The molecule has 0 spiro atoms. The summed E-state index contributed by atoms with van der Waals surface area (Å²) in [5.74, 6) is -0.933. The number of nitrogens with two attached hydrogens (primary N) is 1.